The summed E-state index contributed by atoms with van der Waals surface area (Å²) in [5, 5.41) is 11.5. The van der Waals surface area contributed by atoms with Crippen LogP contribution in [0, 0.1) is 0 Å². The average molecular weight is 254 g/mol. The molecule has 0 saturated carbocycles. The standard InChI is InChI=1S/C11H14N2O3S/c12-5-6-17-7-10(14)13-9-4-2-1-3-8(9)11(15)16/h1-4H,5-7,12H2,(H,13,14)(H,15,16). The molecule has 1 amide bonds. The molecule has 0 fully saturated rings. The number of para-hydroxylation sites is 1. The highest BCUT2D eigenvalue weighted by Gasteiger charge is 2.11. The van der Waals surface area contributed by atoms with Crippen molar-refractivity contribution in [2.24, 2.45) is 5.73 Å². The van der Waals surface area contributed by atoms with E-state index in [1.54, 1.807) is 18.2 Å². The number of amides is 1. The minimum Gasteiger partial charge on any atom is -0.478 e. The van der Waals surface area contributed by atoms with Crippen molar-refractivity contribution in [2.75, 3.05) is 23.4 Å². The Morgan fingerprint density at radius 2 is 2.06 bits per heavy atom. The quantitative estimate of drug-likeness (QED) is 0.659. The summed E-state index contributed by atoms with van der Waals surface area (Å²) in [4.78, 5) is 22.4. The van der Waals surface area contributed by atoms with Crippen LogP contribution in [-0.2, 0) is 4.79 Å². The fraction of sp³-hybridized carbons (Fsp3) is 0.273. The molecule has 0 unspecified atom stereocenters. The highest BCUT2D eigenvalue weighted by Crippen LogP contribution is 2.15. The van der Waals surface area contributed by atoms with Gasteiger partial charge in [0.15, 0.2) is 0 Å². The van der Waals surface area contributed by atoms with E-state index in [1.807, 2.05) is 0 Å². The van der Waals surface area contributed by atoms with E-state index >= 15 is 0 Å². The van der Waals surface area contributed by atoms with Gasteiger partial charge in [0.25, 0.3) is 0 Å². The molecule has 0 spiro atoms. The number of thioether (sulfide) groups is 1. The first-order chi connectivity index (χ1) is 8.15. The number of carbonyl (C=O) groups excluding carboxylic acids is 1. The van der Waals surface area contributed by atoms with Crippen molar-refractivity contribution >= 4 is 29.3 Å². The molecule has 0 radical (unpaired) electrons. The number of aromatic carboxylic acids is 1. The van der Waals surface area contributed by atoms with E-state index in [0.29, 0.717) is 18.0 Å². The monoisotopic (exact) mass is 254 g/mol. The molecule has 1 rings (SSSR count). The van der Waals surface area contributed by atoms with E-state index in [-0.39, 0.29) is 17.2 Å². The third kappa shape index (κ3) is 4.46. The van der Waals surface area contributed by atoms with E-state index in [4.69, 9.17) is 10.8 Å². The van der Waals surface area contributed by atoms with Crippen LogP contribution in [0.25, 0.3) is 0 Å². The molecule has 1 aromatic rings. The maximum absolute atomic E-state index is 11.5. The van der Waals surface area contributed by atoms with Crippen molar-refractivity contribution in [1.82, 2.24) is 0 Å². The van der Waals surface area contributed by atoms with Gasteiger partial charge in [0.2, 0.25) is 5.91 Å². The van der Waals surface area contributed by atoms with Gasteiger partial charge in [-0.1, -0.05) is 12.1 Å². The SMILES string of the molecule is NCCSCC(=O)Nc1ccccc1C(=O)O. The molecule has 0 aromatic heterocycles. The number of carboxylic acid groups (broad SMARTS) is 1. The van der Waals surface area contributed by atoms with Gasteiger partial charge in [-0.05, 0) is 12.1 Å². The van der Waals surface area contributed by atoms with Gasteiger partial charge in [0, 0.05) is 12.3 Å². The Bertz CT molecular complexity index is 409. The summed E-state index contributed by atoms with van der Waals surface area (Å²) in [5.41, 5.74) is 5.71. The number of hydrogen-bond donors (Lipinski definition) is 3. The predicted octanol–water partition coefficient (Wildman–Crippen LogP) is 1.02. The van der Waals surface area contributed by atoms with Crippen LogP contribution >= 0.6 is 11.8 Å². The molecule has 0 aliphatic rings. The highest BCUT2D eigenvalue weighted by atomic mass is 32.2. The van der Waals surface area contributed by atoms with Gasteiger partial charge >= 0.3 is 5.97 Å². The molecular formula is C11H14N2O3S. The van der Waals surface area contributed by atoms with Crippen LogP contribution in [0.1, 0.15) is 10.4 Å². The summed E-state index contributed by atoms with van der Waals surface area (Å²) in [6.07, 6.45) is 0. The Kier molecular flexibility index (Phi) is 5.51. The first-order valence-corrected chi connectivity index (χ1v) is 6.20. The second kappa shape index (κ2) is 6.93. The van der Waals surface area contributed by atoms with Gasteiger partial charge in [0.05, 0.1) is 17.0 Å². The average Bonchev–Trinajstić information content (AvgIpc) is 2.29. The number of carbonyl (C=O) groups is 2. The molecular weight excluding hydrogens is 240 g/mol. The summed E-state index contributed by atoms with van der Waals surface area (Å²) in [6, 6.07) is 6.30. The zero-order valence-electron chi connectivity index (χ0n) is 9.18. The summed E-state index contributed by atoms with van der Waals surface area (Å²) in [6.45, 7) is 0.518. The summed E-state index contributed by atoms with van der Waals surface area (Å²) < 4.78 is 0. The molecule has 4 N–H and O–H groups in total. The topological polar surface area (TPSA) is 92.4 Å². The first kappa shape index (κ1) is 13.5. The molecule has 0 heterocycles. The van der Waals surface area contributed by atoms with Crippen LogP contribution in [0.3, 0.4) is 0 Å². The number of hydrogen-bond acceptors (Lipinski definition) is 4. The first-order valence-electron chi connectivity index (χ1n) is 5.05. The lowest BCUT2D eigenvalue weighted by atomic mass is 10.2. The largest absolute Gasteiger partial charge is 0.478 e. The van der Waals surface area contributed by atoms with Crippen molar-refractivity contribution in [3.8, 4) is 0 Å². The predicted molar refractivity (Wildman–Crippen MR) is 68.4 cm³/mol. The molecule has 0 aliphatic heterocycles. The Morgan fingerprint density at radius 3 is 2.71 bits per heavy atom. The second-order valence-electron chi connectivity index (χ2n) is 3.24. The molecule has 92 valence electrons. The minimum atomic E-state index is -1.06. The lowest BCUT2D eigenvalue weighted by Gasteiger charge is -2.07. The third-order valence-electron chi connectivity index (χ3n) is 1.93. The molecule has 0 atom stereocenters. The maximum Gasteiger partial charge on any atom is 0.337 e. The lowest BCUT2D eigenvalue weighted by molar-refractivity contribution is -0.113. The number of anilines is 1. The minimum absolute atomic E-state index is 0.0877. The van der Waals surface area contributed by atoms with Crippen LogP contribution in [0.15, 0.2) is 24.3 Å². The Balaban J connectivity index is 2.61. The van der Waals surface area contributed by atoms with Crippen molar-refractivity contribution in [3.05, 3.63) is 29.8 Å². The van der Waals surface area contributed by atoms with E-state index < -0.39 is 5.97 Å². The summed E-state index contributed by atoms with van der Waals surface area (Å²) in [5.74, 6) is -0.313. The van der Waals surface area contributed by atoms with E-state index in [9.17, 15) is 9.59 Å². The summed E-state index contributed by atoms with van der Waals surface area (Å²) in [7, 11) is 0. The smallest absolute Gasteiger partial charge is 0.337 e. The fourth-order valence-electron chi connectivity index (χ4n) is 1.21. The molecule has 17 heavy (non-hydrogen) atoms. The van der Waals surface area contributed by atoms with Gasteiger partial charge in [-0.25, -0.2) is 4.79 Å². The van der Waals surface area contributed by atoms with Crippen LogP contribution in [0.4, 0.5) is 5.69 Å². The van der Waals surface area contributed by atoms with Crippen LogP contribution in [-0.4, -0.2) is 35.0 Å². The molecule has 0 bridgehead atoms. The summed E-state index contributed by atoms with van der Waals surface area (Å²) >= 11 is 1.41. The second-order valence-corrected chi connectivity index (χ2v) is 4.35. The normalized spacial score (nSPS) is 9.94. The molecule has 0 saturated heterocycles. The van der Waals surface area contributed by atoms with Crippen LogP contribution < -0.4 is 11.1 Å². The van der Waals surface area contributed by atoms with Gasteiger partial charge in [-0.15, -0.1) is 0 Å². The Labute approximate surface area is 103 Å². The zero-order chi connectivity index (χ0) is 12.7. The molecule has 0 aliphatic carbocycles. The van der Waals surface area contributed by atoms with Gasteiger partial charge < -0.3 is 16.2 Å². The molecule has 6 heteroatoms. The lowest BCUT2D eigenvalue weighted by Crippen LogP contribution is -2.17. The zero-order valence-corrected chi connectivity index (χ0v) is 10.00. The Morgan fingerprint density at radius 1 is 1.35 bits per heavy atom. The van der Waals surface area contributed by atoms with Gasteiger partial charge in [-0.2, -0.15) is 11.8 Å². The van der Waals surface area contributed by atoms with Gasteiger partial charge in [0.1, 0.15) is 0 Å². The van der Waals surface area contributed by atoms with Gasteiger partial charge in [-0.3, -0.25) is 4.79 Å². The van der Waals surface area contributed by atoms with E-state index in [2.05, 4.69) is 5.32 Å². The van der Waals surface area contributed by atoms with E-state index in [0.717, 1.165) is 0 Å². The van der Waals surface area contributed by atoms with Crippen molar-refractivity contribution < 1.29 is 14.7 Å². The number of carboxylic acids is 1. The van der Waals surface area contributed by atoms with Crippen LogP contribution in [0.2, 0.25) is 0 Å². The number of rotatable bonds is 6. The maximum atomic E-state index is 11.5. The van der Waals surface area contributed by atoms with Crippen LogP contribution in [0.5, 0.6) is 0 Å². The van der Waals surface area contributed by atoms with E-state index in [1.165, 1.54) is 17.8 Å². The fourth-order valence-corrected chi connectivity index (χ4v) is 1.78. The number of nitrogens with two attached hydrogens (primary N) is 1. The number of benzene rings is 1. The Hall–Kier alpha value is -1.53. The number of nitrogens with one attached hydrogen (secondary N) is 1. The third-order valence-corrected chi connectivity index (χ3v) is 2.92. The molecule has 5 nitrogen and oxygen atoms in total. The highest BCUT2D eigenvalue weighted by molar-refractivity contribution is 7.99. The van der Waals surface area contributed by atoms with Crippen molar-refractivity contribution in [1.29, 1.82) is 0 Å². The van der Waals surface area contributed by atoms with Crippen molar-refractivity contribution in [3.63, 3.8) is 0 Å². The van der Waals surface area contributed by atoms with Crippen molar-refractivity contribution in [2.45, 2.75) is 0 Å². The molecule has 1 aromatic carbocycles.